The SMILES string of the molecule is COc1cccc2c1N(C(=O)[C@H](N)CC(C)C)CCC2. The molecule has 110 valence electrons. The molecule has 20 heavy (non-hydrogen) atoms. The molecule has 0 aromatic heterocycles. The van der Waals surface area contributed by atoms with Gasteiger partial charge in [-0.1, -0.05) is 26.0 Å². The van der Waals surface area contributed by atoms with Gasteiger partial charge in [0.05, 0.1) is 18.8 Å². The van der Waals surface area contributed by atoms with Gasteiger partial charge in [0.15, 0.2) is 0 Å². The molecule has 0 fully saturated rings. The highest BCUT2D eigenvalue weighted by Gasteiger charge is 2.29. The summed E-state index contributed by atoms with van der Waals surface area (Å²) < 4.78 is 5.42. The Morgan fingerprint density at radius 1 is 1.45 bits per heavy atom. The first-order valence-electron chi connectivity index (χ1n) is 7.27. The van der Waals surface area contributed by atoms with Crippen molar-refractivity contribution in [3.8, 4) is 5.75 Å². The van der Waals surface area contributed by atoms with Crippen molar-refractivity contribution in [1.29, 1.82) is 0 Å². The summed E-state index contributed by atoms with van der Waals surface area (Å²) in [5.74, 6) is 1.17. The number of hydrogen-bond acceptors (Lipinski definition) is 3. The fraction of sp³-hybridized carbons (Fsp3) is 0.562. The highest BCUT2D eigenvalue weighted by Crippen LogP contribution is 2.36. The van der Waals surface area contributed by atoms with Crippen LogP contribution >= 0.6 is 0 Å². The number of aryl methyl sites for hydroxylation is 1. The molecule has 1 aromatic rings. The number of nitrogens with zero attached hydrogens (tertiary/aromatic N) is 1. The highest BCUT2D eigenvalue weighted by atomic mass is 16.5. The Kier molecular flexibility index (Phi) is 4.65. The number of carbonyl (C=O) groups excluding carboxylic acids is 1. The van der Waals surface area contributed by atoms with E-state index in [2.05, 4.69) is 19.9 Å². The third-order valence-electron chi connectivity index (χ3n) is 3.71. The summed E-state index contributed by atoms with van der Waals surface area (Å²) in [6.07, 6.45) is 2.66. The molecule has 1 atom stereocenters. The fourth-order valence-corrected chi connectivity index (χ4v) is 2.81. The van der Waals surface area contributed by atoms with Crippen molar-refractivity contribution in [2.24, 2.45) is 11.7 Å². The maximum atomic E-state index is 12.6. The van der Waals surface area contributed by atoms with Crippen molar-refractivity contribution < 1.29 is 9.53 Å². The standard InChI is InChI=1S/C16H24N2O2/c1-11(2)10-13(17)16(19)18-9-5-7-12-6-4-8-14(20-3)15(12)18/h4,6,8,11,13H,5,7,9-10,17H2,1-3H3/t13-/m1/s1. The maximum absolute atomic E-state index is 12.6. The number of ether oxygens (including phenoxy) is 1. The molecule has 1 aliphatic heterocycles. The zero-order valence-corrected chi connectivity index (χ0v) is 12.6. The molecule has 4 heteroatoms. The minimum absolute atomic E-state index is 0.00384. The lowest BCUT2D eigenvalue weighted by Crippen LogP contribution is -2.46. The molecule has 0 spiro atoms. The molecule has 2 N–H and O–H groups in total. The number of amides is 1. The molecular weight excluding hydrogens is 252 g/mol. The molecule has 1 aliphatic rings. The van der Waals surface area contributed by atoms with E-state index in [-0.39, 0.29) is 5.91 Å². The second kappa shape index (κ2) is 6.27. The van der Waals surface area contributed by atoms with Gasteiger partial charge >= 0.3 is 0 Å². The lowest BCUT2D eigenvalue weighted by atomic mass is 9.98. The fourth-order valence-electron chi connectivity index (χ4n) is 2.81. The number of methoxy groups -OCH3 is 1. The van der Waals surface area contributed by atoms with Gasteiger partial charge in [0.2, 0.25) is 5.91 Å². The first-order valence-corrected chi connectivity index (χ1v) is 7.27. The Balaban J connectivity index is 2.30. The number of fused-ring (bicyclic) bond motifs is 1. The van der Waals surface area contributed by atoms with Crippen LogP contribution in [0.4, 0.5) is 5.69 Å². The topological polar surface area (TPSA) is 55.6 Å². The van der Waals surface area contributed by atoms with Gasteiger partial charge in [-0.2, -0.15) is 0 Å². The van der Waals surface area contributed by atoms with Crippen molar-refractivity contribution in [3.63, 3.8) is 0 Å². The van der Waals surface area contributed by atoms with Gasteiger partial charge in [0.1, 0.15) is 5.75 Å². The van der Waals surface area contributed by atoms with Crippen LogP contribution in [0.25, 0.3) is 0 Å². The van der Waals surface area contributed by atoms with Crippen LogP contribution in [0, 0.1) is 5.92 Å². The van der Waals surface area contributed by atoms with Crippen LogP contribution in [-0.4, -0.2) is 25.6 Å². The van der Waals surface area contributed by atoms with E-state index in [0.717, 1.165) is 30.8 Å². The second-order valence-corrected chi connectivity index (χ2v) is 5.80. The molecule has 1 amide bonds. The van der Waals surface area contributed by atoms with Gasteiger partial charge in [-0.05, 0) is 36.8 Å². The molecule has 1 heterocycles. The minimum Gasteiger partial charge on any atom is -0.495 e. The molecule has 4 nitrogen and oxygen atoms in total. The number of anilines is 1. The summed E-state index contributed by atoms with van der Waals surface area (Å²) in [6, 6.07) is 5.49. The summed E-state index contributed by atoms with van der Waals surface area (Å²) in [7, 11) is 1.64. The average Bonchev–Trinajstić information content (AvgIpc) is 2.44. The van der Waals surface area contributed by atoms with E-state index < -0.39 is 6.04 Å². The third-order valence-corrected chi connectivity index (χ3v) is 3.71. The third kappa shape index (κ3) is 2.96. The smallest absolute Gasteiger partial charge is 0.244 e. The van der Waals surface area contributed by atoms with Gasteiger partial charge in [-0.25, -0.2) is 0 Å². The van der Waals surface area contributed by atoms with Crippen LogP contribution < -0.4 is 15.4 Å². The molecule has 2 rings (SSSR count). The van der Waals surface area contributed by atoms with Crippen LogP contribution in [0.3, 0.4) is 0 Å². The largest absolute Gasteiger partial charge is 0.495 e. The van der Waals surface area contributed by atoms with E-state index in [4.69, 9.17) is 10.5 Å². The molecule has 1 aromatic carbocycles. The molecule has 0 bridgehead atoms. The van der Waals surface area contributed by atoms with Crippen LogP contribution in [-0.2, 0) is 11.2 Å². The first-order chi connectivity index (χ1) is 9.54. The second-order valence-electron chi connectivity index (χ2n) is 5.80. The van der Waals surface area contributed by atoms with Crippen molar-refractivity contribution in [2.45, 2.75) is 39.2 Å². The summed E-state index contributed by atoms with van der Waals surface area (Å²) in [6.45, 7) is 4.88. The van der Waals surface area contributed by atoms with E-state index in [9.17, 15) is 4.79 Å². The molecule has 0 aliphatic carbocycles. The molecule has 0 unspecified atom stereocenters. The van der Waals surface area contributed by atoms with Gasteiger partial charge in [0, 0.05) is 6.54 Å². The predicted molar refractivity (Wildman–Crippen MR) is 81.1 cm³/mol. The molecule has 0 saturated carbocycles. The van der Waals surface area contributed by atoms with E-state index in [1.165, 1.54) is 5.56 Å². The van der Waals surface area contributed by atoms with Gasteiger partial charge in [-0.15, -0.1) is 0 Å². The summed E-state index contributed by atoms with van der Waals surface area (Å²) >= 11 is 0. The first kappa shape index (κ1) is 14.9. The summed E-state index contributed by atoms with van der Waals surface area (Å²) in [5, 5.41) is 0. The monoisotopic (exact) mass is 276 g/mol. The van der Waals surface area contributed by atoms with Gasteiger partial charge < -0.3 is 15.4 Å². The quantitative estimate of drug-likeness (QED) is 0.918. The molecule has 0 saturated heterocycles. The lowest BCUT2D eigenvalue weighted by molar-refractivity contribution is -0.120. The number of carbonyl (C=O) groups is 1. The van der Waals surface area contributed by atoms with E-state index >= 15 is 0 Å². The Hall–Kier alpha value is -1.55. The van der Waals surface area contributed by atoms with Crippen LogP contribution in [0.5, 0.6) is 5.75 Å². The van der Waals surface area contributed by atoms with Gasteiger partial charge in [-0.3, -0.25) is 4.79 Å². The lowest BCUT2D eigenvalue weighted by Gasteiger charge is -2.33. The predicted octanol–water partition coefficient (Wildman–Crippen LogP) is 2.35. The van der Waals surface area contributed by atoms with Crippen molar-refractivity contribution >= 4 is 11.6 Å². The zero-order chi connectivity index (χ0) is 14.7. The van der Waals surface area contributed by atoms with Crippen molar-refractivity contribution in [3.05, 3.63) is 23.8 Å². The van der Waals surface area contributed by atoms with E-state index in [1.807, 2.05) is 17.0 Å². The highest BCUT2D eigenvalue weighted by molar-refractivity contribution is 5.99. The maximum Gasteiger partial charge on any atom is 0.244 e. The Labute approximate surface area is 120 Å². The summed E-state index contributed by atoms with van der Waals surface area (Å²) in [4.78, 5) is 14.4. The van der Waals surface area contributed by atoms with Gasteiger partial charge in [0.25, 0.3) is 0 Å². The number of rotatable bonds is 4. The normalized spacial score (nSPS) is 15.9. The number of hydrogen-bond donors (Lipinski definition) is 1. The number of para-hydroxylation sites is 1. The average molecular weight is 276 g/mol. The zero-order valence-electron chi connectivity index (χ0n) is 12.6. The number of benzene rings is 1. The van der Waals surface area contributed by atoms with Crippen LogP contribution in [0.2, 0.25) is 0 Å². The Morgan fingerprint density at radius 2 is 2.20 bits per heavy atom. The Bertz CT molecular complexity index is 471. The van der Waals surface area contributed by atoms with Crippen molar-refractivity contribution in [1.82, 2.24) is 0 Å². The minimum atomic E-state index is -0.439. The summed E-state index contributed by atoms with van der Waals surface area (Å²) in [5.41, 5.74) is 8.14. The molecule has 0 radical (unpaired) electrons. The van der Waals surface area contributed by atoms with E-state index in [1.54, 1.807) is 7.11 Å². The van der Waals surface area contributed by atoms with E-state index in [0.29, 0.717) is 12.3 Å². The van der Waals surface area contributed by atoms with Crippen LogP contribution in [0.1, 0.15) is 32.3 Å². The number of nitrogens with two attached hydrogens (primary N) is 1. The Morgan fingerprint density at radius 3 is 2.85 bits per heavy atom. The molecular formula is C16H24N2O2. The van der Waals surface area contributed by atoms with Crippen LogP contribution in [0.15, 0.2) is 18.2 Å². The van der Waals surface area contributed by atoms with Crippen molar-refractivity contribution in [2.75, 3.05) is 18.6 Å².